The zero-order valence-corrected chi connectivity index (χ0v) is 24.1. The Balaban J connectivity index is 1.26. The minimum Gasteiger partial charge on any atom is -0.455 e. The van der Waals surface area contributed by atoms with Gasteiger partial charge in [-0.05, 0) is 47.0 Å². The van der Waals surface area contributed by atoms with Crippen molar-refractivity contribution in [2.45, 2.75) is 0 Å². The number of fused-ring (bicyclic) bond motifs is 3. The van der Waals surface area contributed by atoms with Crippen LogP contribution in [-0.4, -0.2) is 15.0 Å². The van der Waals surface area contributed by atoms with Crippen LogP contribution >= 0.6 is 0 Å². The van der Waals surface area contributed by atoms with Gasteiger partial charge in [0, 0.05) is 33.0 Å². The summed E-state index contributed by atoms with van der Waals surface area (Å²) >= 11 is 0. The summed E-state index contributed by atoms with van der Waals surface area (Å²) in [6.07, 6.45) is 0. The summed E-state index contributed by atoms with van der Waals surface area (Å²) in [7, 11) is 0. The molecular weight excluding hydrogens is 552 g/mol. The third-order valence-electron chi connectivity index (χ3n) is 7.93. The van der Waals surface area contributed by atoms with Gasteiger partial charge in [-0.2, -0.15) is 5.26 Å². The molecule has 8 aromatic rings. The van der Waals surface area contributed by atoms with Crippen LogP contribution in [0.25, 0.3) is 78.4 Å². The molecule has 5 nitrogen and oxygen atoms in total. The first kappa shape index (κ1) is 26.3. The van der Waals surface area contributed by atoms with E-state index in [2.05, 4.69) is 30.3 Å². The van der Waals surface area contributed by atoms with Crippen molar-refractivity contribution in [3.8, 4) is 62.5 Å². The molecule has 0 N–H and O–H groups in total. The summed E-state index contributed by atoms with van der Waals surface area (Å²) in [5, 5.41) is 12.1. The maximum Gasteiger partial charge on any atom is 0.164 e. The number of nitrogens with zero attached hydrogens (tertiary/aromatic N) is 4. The largest absolute Gasteiger partial charge is 0.455 e. The van der Waals surface area contributed by atoms with Gasteiger partial charge in [0.25, 0.3) is 0 Å². The lowest BCUT2D eigenvalue weighted by Gasteiger charge is -2.11. The van der Waals surface area contributed by atoms with Gasteiger partial charge in [-0.1, -0.05) is 115 Å². The van der Waals surface area contributed by atoms with Crippen LogP contribution in [0, 0.1) is 11.3 Å². The first-order valence-electron chi connectivity index (χ1n) is 14.7. The van der Waals surface area contributed by atoms with Crippen molar-refractivity contribution in [3.63, 3.8) is 0 Å². The van der Waals surface area contributed by atoms with Crippen LogP contribution in [0.2, 0.25) is 0 Å². The number of hydrogen-bond acceptors (Lipinski definition) is 5. The lowest BCUT2D eigenvalue weighted by molar-refractivity contribution is 0.670. The predicted molar refractivity (Wildman–Crippen MR) is 179 cm³/mol. The molecule has 210 valence electrons. The Kier molecular flexibility index (Phi) is 6.44. The molecule has 0 fully saturated rings. The highest BCUT2D eigenvalue weighted by molar-refractivity contribution is 6.09. The number of benzene rings is 6. The average Bonchev–Trinajstić information content (AvgIpc) is 3.51. The van der Waals surface area contributed by atoms with Gasteiger partial charge in [-0.15, -0.1) is 0 Å². The molecule has 45 heavy (non-hydrogen) atoms. The van der Waals surface area contributed by atoms with E-state index in [9.17, 15) is 5.26 Å². The number of nitriles is 1. The fourth-order valence-corrected chi connectivity index (χ4v) is 5.76. The molecule has 0 saturated heterocycles. The molecule has 2 aromatic heterocycles. The van der Waals surface area contributed by atoms with Crippen molar-refractivity contribution >= 4 is 21.9 Å². The number of furan rings is 1. The molecule has 6 aromatic carbocycles. The first-order chi connectivity index (χ1) is 22.2. The van der Waals surface area contributed by atoms with Crippen molar-refractivity contribution < 1.29 is 4.42 Å². The molecule has 0 spiro atoms. The first-order valence-corrected chi connectivity index (χ1v) is 14.7. The Morgan fingerprint density at radius 2 is 0.978 bits per heavy atom. The molecule has 0 radical (unpaired) electrons. The maximum absolute atomic E-state index is 10.0. The third-order valence-corrected chi connectivity index (χ3v) is 7.93. The average molecular weight is 577 g/mol. The molecule has 0 saturated carbocycles. The highest BCUT2D eigenvalue weighted by Crippen LogP contribution is 2.38. The summed E-state index contributed by atoms with van der Waals surface area (Å²) in [5.74, 6) is 1.79. The molecule has 0 aliphatic carbocycles. The van der Waals surface area contributed by atoms with Crippen molar-refractivity contribution in [2.24, 2.45) is 0 Å². The maximum atomic E-state index is 10.0. The number of hydrogen-bond donors (Lipinski definition) is 0. The van der Waals surface area contributed by atoms with E-state index in [1.54, 1.807) is 0 Å². The Hall–Kier alpha value is -6.38. The standard InChI is InChI=1S/C40H24N4O/c41-25-26-21-31(24-32(22-26)33-18-10-19-35-34-17-7-8-20-36(34)45-37(33)35)29-15-9-16-30(23-29)40-43-38(27-11-3-1-4-12-27)42-39(44-40)28-13-5-2-6-14-28/h1-24H. The lowest BCUT2D eigenvalue weighted by atomic mass is 9.94. The number of rotatable bonds is 5. The van der Waals surface area contributed by atoms with Gasteiger partial charge in [0.05, 0.1) is 11.6 Å². The van der Waals surface area contributed by atoms with E-state index in [-0.39, 0.29) is 0 Å². The van der Waals surface area contributed by atoms with Crippen molar-refractivity contribution in [1.82, 2.24) is 15.0 Å². The molecule has 5 heteroatoms. The van der Waals surface area contributed by atoms with Crippen LogP contribution in [0.5, 0.6) is 0 Å². The Bertz CT molecular complexity index is 2330. The Morgan fingerprint density at radius 1 is 0.444 bits per heavy atom. The van der Waals surface area contributed by atoms with Crippen LogP contribution in [0.15, 0.2) is 150 Å². The van der Waals surface area contributed by atoms with E-state index in [1.165, 1.54) is 0 Å². The molecule has 0 aliphatic rings. The minimum absolute atomic E-state index is 0.568. The van der Waals surface area contributed by atoms with Gasteiger partial charge in [-0.3, -0.25) is 0 Å². The predicted octanol–water partition coefficient (Wildman–Crippen LogP) is 9.98. The van der Waals surface area contributed by atoms with Gasteiger partial charge < -0.3 is 4.42 Å². The van der Waals surface area contributed by atoms with Crippen LogP contribution in [-0.2, 0) is 0 Å². The third kappa shape index (κ3) is 4.91. The van der Waals surface area contributed by atoms with Crippen molar-refractivity contribution in [3.05, 3.63) is 151 Å². The number of aromatic nitrogens is 3. The molecule has 0 atom stereocenters. The zero-order valence-electron chi connectivity index (χ0n) is 24.1. The molecular formula is C40H24N4O. The lowest BCUT2D eigenvalue weighted by Crippen LogP contribution is -2.00. The second-order valence-corrected chi connectivity index (χ2v) is 10.8. The van der Waals surface area contributed by atoms with E-state index in [4.69, 9.17) is 19.4 Å². The minimum atomic E-state index is 0.568. The van der Waals surface area contributed by atoms with Gasteiger partial charge in [0.2, 0.25) is 0 Å². The smallest absolute Gasteiger partial charge is 0.164 e. The van der Waals surface area contributed by atoms with Gasteiger partial charge in [-0.25, -0.2) is 15.0 Å². The molecule has 8 rings (SSSR count). The summed E-state index contributed by atoms with van der Waals surface area (Å²) in [4.78, 5) is 14.6. The van der Waals surface area contributed by atoms with Crippen molar-refractivity contribution in [2.75, 3.05) is 0 Å². The quantitative estimate of drug-likeness (QED) is 0.204. The van der Waals surface area contributed by atoms with E-state index < -0.39 is 0 Å². The summed E-state index contributed by atoms with van der Waals surface area (Å²) in [6, 6.07) is 50.5. The molecule has 0 unspecified atom stereocenters. The van der Waals surface area contributed by atoms with Gasteiger partial charge in [0.15, 0.2) is 17.5 Å². The summed E-state index contributed by atoms with van der Waals surface area (Å²) in [5.41, 5.74) is 8.62. The highest BCUT2D eigenvalue weighted by atomic mass is 16.3. The van der Waals surface area contributed by atoms with E-state index >= 15 is 0 Å². The zero-order chi connectivity index (χ0) is 30.2. The van der Waals surface area contributed by atoms with Crippen LogP contribution in [0.4, 0.5) is 0 Å². The van der Waals surface area contributed by atoms with Crippen LogP contribution < -0.4 is 0 Å². The molecule has 2 heterocycles. The van der Waals surface area contributed by atoms with E-state index in [0.717, 1.165) is 60.9 Å². The van der Waals surface area contributed by atoms with Crippen molar-refractivity contribution in [1.29, 1.82) is 5.26 Å². The topological polar surface area (TPSA) is 75.6 Å². The molecule has 0 amide bonds. The summed E-state index contributed by atoms with van der Waals surface area (Å²) < 4.78 is 6.32. The van der Waals surface area contributed by atoms with Crippen LogP contribution in [0.1, 0.15) is 5.56 Å². The molecule has 0 aliphatic heterocycles. The van der Waals surface area contributed by atoms with E-state index in [0.29, 0.717) is 23.0 Å². The van der Waals surface area contributed by atoms with Crippen LogP contribution in [0.3, 0.4) is 0 Å². The van der Waals surface area contributed by atoms with Gasteiger partial charge >= 0.3 is 0 Å². The fourth-order valence-electron chi connectivity index (χ4n) is 5.76. The summed E-state index contributed by atoms with van der Waals surface area (Å²) in [6.45, 7) is 0. The second kappa shape index (κ2) is 11.0. The second-order valence-electron chi connectivity index (χ2n) is 10.8. The Morgan fingerprint density at radius 3 is 1.69 bits per heavy atom. The molecule has 0 bridgehead atoms. The number of para-hydroxylation sites is 2. The highest BCUT2D eigenvalue weighted by Gasteiger charge is 2.16. The van der Waals surface area contributed by atoms with E-state index in [1.807, 2.05) is 121 Å². The fraction of sp³-hybridized carbons (Fsp3) is 0. The SMILES string of the molecule is N#Cc1cc(-c2cccc(-c3nc(-c4ccccc4)nc(-c4ccccc4)n3)c2)cc(-c2cccc3c2oc2ccccc23)c1. The normalized spacial score (nSPS) is 11.1. The van der Waals surface area contributed by atoms with Gasteiger partial charge in [0.1, 0.15) is 11.2 Å². The Labute approximate surface area is 259 Å². The monoisotopic (exact) mass is 576 g/mol.